The lowest BCUT2D eigenvalue weighted by molar-refractivity contribution is -0.142. The zero-order valence-corrected chi connectivity index (χ0v) is 5.18. The van der Waals surface area contributed by atoms with Crippen LogP contribution in [0, 0.1) is 13.0 Å². The molecule has 0 aliphatic carbocycles. The van der Waals surface area contributed by atoms with E-state index in [1.807, 2.05) is 6.92 Å². The molecule has 0 amide bonds. The Morgan fingerprint density at radius 1 is 1.88 bits per heavy atom. The molecule has 1 unspecified atom stereocenters. The first-order valence-corrected chi connectivity index (χ1v) is 2.63. The summed E-state index contributed by atoms with van der Waals surface area (Å²) in [7, 11) is 4.60. The van der Waals surface area contributed by atoms with E-state index in [2.05, 4.69) is 11.8 Å². The maximum absolute atomic E-state index is 10.4. The number of hydrogen-bond acceptors (Lipinski definition) is 2. The van der Waals surface area contributed by atoms with Crippen molar-refractivity contribution in [3.05, 3.63) is 7.11 Å². The molecule has 2 nitrogen and oxygen atoms in total. The number of carbonyl (C=O) groups is 1. The van der Waals surface area contributed by atoms with Gasteiger partial charge in [-0.3, -0.25) is 4.79 Å². The topological polar surface area (TPSA) is 26.3 Å². The van der Waals surface area contributed by atoms with E-state index >= 15 is 0 Å². The van der Waals surface area contributed by atoms with Gasteiger partial charge in [0.05, 0.1) is 5.92 Å². The first-order chi connectivity index (χ1) is 3.72. The second kappa shape index (κ2) is 3.47. The third-order valence-electron chi connectivity index (χ3n) is 1.13. The summed E-state index contributed by atoms with van der Waals surface area (Å²) in [5.74, 6) is -0.410. The minimum Gasteiger partial charge on any atom is -0.454 e. The third kappa shape index (κ3) is 1.96. The van der Waals surface area contributed by atoms with Crippen LogP contribution in [0.4, 0.5) is 0 Å². The monoisotopic (exact) mass is 114 g/mol. The first kappa shape index (κ1) is 7.47. The zero-order valence-electron chi connectivity index (χ0n) is 5.18. The fourth-order valence-corrected chi connectivity index (χ4v) is 0.283. The Hall–Kier alpha value is -0.530. The number of hydrogen-bond donors (Lipinski definition) is 0. The van der Waals surface area contributed by atoms with E-state index in [1.54, 1.807) is 6.92 Å². The Bertz CT molecular complexity index is 78.6. The van der Waals surface area contributed by atoms with E-state index < -0.39 is 0 Å². The highest BCUT2D eigenvalue weighted by molar-refractivity contribution is 5.71. The molecule has 46 valence electrons. The van der Waals surface area contributed by atoms with Crippen molar-refractivity contribution >= 4 is 5.97 Å². The highest BCUT2D eigenvalue weighted by Crippen LogP contribution is 2.01. The summed E-state index contributed by atoms with van der Waals surface area (Å²) >= 11 is 0. The van der Waals surface area contributed by atoms with Crippen molar-refractivity contribution in [3.63, 3.8) is 0 Å². The number of esters is 1. The fourth-order valence-electron chi connectivity index (χ4n) is 0.283. The summed E-state index contributed by atoms with van der Waals surface area (Å²) in [5.41, 5.74) is 0. The van der Waals surface area contributed by atoms with Gasteiger partial charge >= 0.3 is 5.97 Å². The lowest BCUT2D eigenvalue weighted by Crippen LogP contribution is -2.09. The van der Waals surface area contributed by atoms with Crippen LogP contribution in [0.15, 0.2) is 0 Å². The predicted molar refractivity (Wildman–Crippen MR) is 29.8 cm³/mol. The van der Waals surface area contributed by atoms with Gasteiger partial charge in [0.2, 0.25) is 0 Å². The van der Waals surface area contributed by atoms with Crippen molar-refractivity contribution in [1.82, 2.24) is 0 Å². The minimum absolute atomic E-state index is 0.0694. The lowest BCUT2D eigenvalue weighted by Gasteiger charge is -2.02. The normalized spacial score (nSPS) is 12.9. The first-order valence-electron chi connectivity index (χ1n) is 2.63. The SMILES string of the molecule is [CH]OC(=O)C(C)CC. The van der Waals surface area contributed by atoms with Gasteiger partial charge in [-0.25, -0.2) is 0 Å². The van der Waals surface area contributed by atoms with Gasteiger partial charge in [0.25, 0.3) is 0 Å². The van der Waals surface area contributed by atoms with Crippen LogP contribution in [0.25, 0.3) is 0 Å². The van der Waals surface area contributed by atoms with E-state index in [0.29, 0.717) is 0 Å². The molecule has 0 fully saturated rings. The van der Waals surface area contributed by atoms with Crippen molar-refractivity contribution in [1.29, 1.82) is 0 Å². The van der Waals surface area contributed by atoms with E-state index in [1.165, 1.54) is 0 Å². The molecule has 0 bridgehead atoms. The van der Waals surface area contributed by atoms with Crippen molar-refractivity contribution in [2.45, 2.75) is 20.3 Å². The molecule has 0 aromatic rings. The molecule has 0 spiro atoms. The van der Waals surface area contributed by atoms with Gasteiger partial charge in [0.1, 0.15) is 0 Å². The number of rotatable bonds is 2. The Morgan fingerprint density at radius 2 is 2.38 bits per heavy atom. The van der Waals surface area contributed by atoms with Crippen LogP contribution < -0.4 is 0 Å². The Morgan fingerprint density at radius 3 is 2.50 bits per heavy atom. The maximum Gasteiger partial charge on any atom is 0.309 e. The molecule has 0 aromatic carbocycles. The Kier molecular flexibility index (Phi) is 3.24. The summed E-state index contributed by atoms with van der Waals surface area (Å²) in [6.07, 6.45) is 0.774. The Balaban J connectivity index is 3.46. The van der Waals surface area contributed by atoms with Crippen LogP contribution in [0.3, 0.4) is 0 Å². The van der Waals surface area contributed by atoms with E-state index in [9.17, 15) is 4.79 Å². The third-order valence-corrected chi connectivity index (χ3v) is 1.13. The van der Waals surface area contributed by atoms with Crippen molar-refractivity contribution in [2.24, 2.45) is 5.92 Å². The molecule has 2 radical (unpaired) electrons. The average molecular weight is 114 g/mol. The summed E-state index contributed by atoms with van der Waals surface area (Å²) in [4.78, 5) is 10.4. The minimum atomic E-state index is -0.340. The smallest absolute Gasteiger partial charge is 0.309 e. The van der Waals surface area contributed by atoms with Gasteiger partial charge in [-0.05, 0) is 6.42 Å². The molecule has 0 N–H and O–H groups in total. The van der Waals surface area contributed by atoms with Gasteiger partial charge in [0, 0.05) is 0 Å². The fraction of sp³-hybridized carbons (Fsp3) is 0.667. The highest BCUT2D eigenvalue weighted by atomic mass is 16.5. The van der Waals surface area contributed by atoms with Crippen LogP contribution in [0.2, 0.25) is 0 Å². The van der Waals surface area contributed by atoms with Gasteiger partial charge in [-0.15, -0.1) is 0 Å². The number of carbonyl (C=O) groups excluding carboxylic acids is 1. The van der Waals surface area contributed by atoms with Crippen LogP contribution in [0.1, 0.15) is 20.3 Å². The van der Waals surface area contributed by atoms with Crippen molar-refractivity contribution in [2.75, 3.05) is 0 Å². The average Bonchev–Trinajstić information content (AvgIpc) is 1.84. The molecule has 1 atom stereocenters. The number of ether oxygens (including phenoxy) is 1. The molecular formula is C6H10O2. The molecular weight excluding hydrogens is 104 g/mol. The van der Waals surface area contributed by atoms with Gasteiger partial charge in [0.15, 0.2) is 7.11 Å². The van der Waals surface area contributed by atoms with Crippen LogP contribution in [-0.2, 0) is 9.53 Å². The molecule has 0 aliphatic rings. The molecule has 0 aliphatic heterocycles. The summed E-state index contributed by atoms with van der Waals surface area (Å²) in [5, 5.41) is 0. The molecule has 0 saturated carbocycles. The summed E-state index contributed by atoms with van der Waals surface area (Å²) in [6, 6.07) is 0. The lowest BCUT2D eigenvalue weighted by atomic mass is 10.1. The molecule has 0 heterocycles. The molecule has 0 aromatic heterocycles. The van der Waals surface area contributed by atoms with E-state index in [-0.39, 0.29) is 11.9 Å². The van der Waals surface area contributed by atoms with Gasteiger partial charge in [-0.1, -0.05) is 13.8 Å². The van der Waals surface area contributed by atoms with Gasteiger partial charge < -0.3 is 4.74 Å². The van der Waals surface area contributed by atoms with E-state index in [0.717, 1.165) is 6.42 Å². The predicted octanol–water partition coefficient (Wildman–Crippen LogP) is 1.24. The standard InChI is InChI=1S/C6H10O2/c1-4-5(2)6(7)8-3/h3,5H,4H2,1-2H3. The van der Waals surface area contributed by atoms with E-state index in [4.69, 9.17) is 0 Å². The summed E-state index contributed by atoms with van der Waals surface area (Å²) < 4.78 is 3.96. The molecule has 2 heteroatoms. The second-order valence-corrected chi connectivity index (χ2v) is 1.75. The Labute approximate surface area is 49.8 Å². The zero-order chi connectivity index (χ0) is 6.57. The molecule has 8 heavy (non-hydrogen) atoms. The highest BCUT2D eigenvalue weighted by Gasteiger charge is 2.08. The van der Waals surface area contributed by atoms with Crippen LogP contribution in [0.5, 0.6) is 0 Å². The van der Waals surface area contributed by atoms with Gasteiger partial charge in [-0.2, -0.15) is 0 Å². The summed E-state index contributed by atoms with van der Waals surface area (Å²) in [6.45, 7) is 3.68. The maximum atomic E-state index is 10.4. The quantitative estimate of drug-likeness (QED) is 0.505. The van der Waals surface area contributed by atoms with Crippen molar-refractivity contribution < 1.29 is 9.53 Å². The molecule has 0 rings (SSSR count). The second-order valence-electron chi connectivity index (χ2n) is 1.75. The van der Waals surface area contributed by atoms with Crippen LogP contribution in [-0.4, -0.2) is 5.97 Å². The van der Waals surface area contributed by atoms with Crippen LogP contribution >= 0.6 is 0 Å². The largest absolute Gasteiger partial charge is 0.454 e. The van der Waals surface area contributed by atoms with Crippen molar-refractivity contribution in [3.8, 4) is 0 Å². The molecule has 0 saturated heterocycles.